The zero-order valence-corrected chi connectivity index (χ0v) is 20.7. The van der Waals surface area contributed by atoms with Crippen LogP contribution in [0.5, 0.6) is 0 Å². The van der Waals surface area contributed by atoms with Crippen molar-refractivity contribution in [2.24, 2.45) is 4.40 Å². The van der Waals surface area contributed by atoms with Crippen LogP contribution in [0.25, 0.3) is 11.1 Å². The summed E-state index contributed by atoms with van der Waals surface area (Å²) < 4.78 is 50.6. The molecule has 2 aromatic carbocycles. The monoisotopic (exact) mass is 497 g/mol. The molecule has 7 nitrogen and oxygen atoms in total. The molecule has 1 aliphatic rings. The number of hydrogen-bond acceptors (Lipinski definition) is 6. The quantitative estimate of drug-likeness (QED) is 0.512. The van der Waals surface area contributed by atoms with Crippen LogP contribution in [0.4, 0.5) is 4.39 Å². The van der Waals surface area contributed by atoms with Crippen molar-refractivity contribution >= 4 is 15.9 Å². The second-order valence-corrected chi connectivity index (χ2v) is 11.2. The Morgan fingerprint density at radius 1 is 1.03 bits per heavy atom. The maximum atomic E-state index is 14.5. The number of ether oxygens (including phenoxy) is 1. The van der Waals surface area contributed by atoms with Crippen molar-refractivity contribution in [3.8, 4) is 11.1 Å². The number of rotatable bonds is 7. The van der Waals surface area contributed by atoms with Crippen molar-refractivity contribution in [2.75, 3.05) is 6.61 Å². The SMILES string of the molecule is CC1(C)OC(C[C@@H](CCO)c2ccccc2F)=NS(=O)(=O)C1(C)c1cccc(-c2cncnc2)c1. The number of aromatic nitrogens is 2. The van der Waals surface area contributed by atoms with Gasteiger partial charge in [-0.25, -0.2) is 22.8 Å². The highest BCUT2D eigenvalue weighted by atomic mass is 32.2. The van der Waals surface area contributed by atoms with Crippen LogP contribution >= 0.6 is 0 Å². The van der Waals surface area contributed by atoms with E-state index in [1.807, 2.05) is 6.07 Å². The number of sulfonamides is 1. The van der Waals surface area contributed by atoms with Crippen molar-refractivity contribution in [2.45, 2.75) is 49.9 Å². The van der Waals surface area contributed by atoms with Gasteiger partial charge in [0, 0.05) is 31.0 Å². The van der Waals surface area contributed by atoms with Crippen LogP contribution < -0.4 is 0 Å². The number of nitrogens with zero attached hydrogens (tertiary/aromatic N) is 3. The molecule has 1 N–H and O–H groups in total. The Bertz CT molecular complexity index is 1350. The Labute approximate surface area is 204 Å². The third-order valence-electron chi connectivity index (χ3n) is 6.81. The van der Waals surface area contributed by atoms with E-state index in [2.05, 4.69) is 14.4 Å². The molecule has 0 radical (unpaired) electrons. The average molecular weight is 498 g/mol. The summed E-state index contributed by atoms with van der Waals surface area (Å²) in [4.78, 5) is 8.08. The Morgan fingerprint density at radius 2 is 1.74 bits per heavy atom. The fourth-order valence-corrected chi connectivity index (χ4v) is 6.16. The lowest BCUT2D eigenvalue weighted by molar-refractivity contribution is 0.0424. The predicted molar refractivity (Wildman–Crippen MR) is 132 cm³/mol. The van der Waals surface area contributed by atoms with Gasteiger partial charge in [0.15, 0.2) is 4.75 Å². The zero-order chi connectivity index (χ0) is 25.3. The van der Waals surface area contributed by atoms with Gasteiger partial charge in [-0.2, -0.15) is 0 Å². The van der Waals surface area contributed by atoms with Crippen LogP contribution in [0.15, 0.2) is 71.6 Å². The van der Waals surface area contributed by atoms with Gasteiger partial charge in [-0.15, -0.1) is 4.40 Å². The van der Waals surface area contributed by atoms with E-state index in [-0.39, 0.29) is 25.3 Å². The molecule has 1 aromatic heterocycles. The highest BCUT2D eigenvalue weighted by Gasteiger charge is 2.58. The molecular formula is C26H28FN3O4S. The largest absolute Gasteiger partial charge is 0.472 e. The van der Waals surface area contributed by atoms with E-state index in [4.69, 9.17) is 4.74 Å². The van der Waals surface area contributed by atoms with E-state index in [1.165, 1.54) is 12.4 Å². The van der Waals surface area contributed by atoms with Crippen LogP contribution in [0.1, 0.15) is 50.7 Å². The van der Waals surface area contributed by atoms with E-state index in [0.717, 1.165) is 11.1 Å². The first-order chi connectivity index (χ1) is 16.6. The predicted octanol–water partition coefficient (Wildman–Crippen LogP) is 4.59. The van der Waals surface area contributed by atoms with E-state index < -0.39 is 32.1 Å². The lowest BCUT2D eigenvalue weighted by atomic mass is 9.83. The molecule has 184 valence electrons. The Hall–Kier alpha value is -3.17. The van der Waals surface area contributed by atoms with Gasteiger partial charge in [-0.3, -0.25) is 0 Å². The molecule has 4 rings (SSSR count). The number of halogens is 1. The van der Waals surface area contributed by atoms with Gasteiger partial charge in [0.2, 0.25) is 5.90 Å². The number of hydrogen-bond donors (Lipinski definition) is 1. The van der Waals surface area contributed by atoms with Gasteiger partial charge in [0.05, 0.1) is 0 Å². The van der Waals surface area contributed by atoms with Gasteiger partial charge in [-0.1, -0.05) is 36.4 Å². The highest BCUT2D eigenvalue weighted by Crippen LogP contribution is 2.47. The molecule has 1 aliphatic heterocycles. The zero-order valence-electron chi connectivity index (χ0n) is 19.8. The fourth-order valence-electron chi connectivity index (χ4n) is 4.51. The number of benzene rings is 2. The summed E-state index contributed by atoms with van der Waals surface area (Å²) in [7, 11) is -4.11. The topological polar surface area (TPSA) is 102 Å². The molecule has 0 saturated heterocycles. The van der Waals surface area contributed by atoms with Crippen LogP contribution in [0.3, 0.4) is 0 Å². The minimum atomic E-state index is -4.11. The van der Waals surface area contributed by atoms with Gasteiger partial charge in [0.25, 0.3) is 10.0 Å². The average Bonchev–Trinajstić information content (AvgIpc) is 2.83. The Balaban J connectivity index is 1.74. The van der Waals surface area contributed by atoms with Gasteiger partial charge in [-0.05, 0) is 61.9 Å². The third-order valence-corrected chi connectivity index (χ3v) is 9.01. The normalized spacial score (nSPS) is 21.6. The molecule has 0 amide bonds. The molecule has 2 heterocycles. The molecule has 2 atom stereocenters. The highest BCUT2D eigenvalue weighted by molar-refractivity contribution is 7.91. The van der Waals surface area contributed by atoms with Crippen molar-refractivity contribution < 1.29 is 22.7 Å². The lowest BCUT2D eigenvalue weighted by Crippen LogP contribution is -2.56. The first-order valence-corrected chi connectivity index (χ1v) is 12.8. The summed E-state index contributed by atoms with van der Waals surface area (Å²) in [6.45, 7) is 4.84. The second-order valence-electron chi connectivity index (χ2n) is 9.25. The Kier molecular flexibility index (Phi) is 6.75. The number of aliphatic hydroxyl groups excluding tert-OH is 1. The molecule has 0 spiro atoms. The summed E-state index contributed by atoms with van der Waals surface area (Å²) in [5.41, 5.74) is 1.23. The van der Waals surface area contributed by atoms with Crippen molar-refractivity contribution in [1.82, 2.24) is 9.97 Å². The summed E-state index contributed by atoms with van der Waals surface area (Å²) in [5.74, 6) is -0.908. The smallest absolute Gasteiger partial charge is 0.269 e. The lowest BCUT2D eigenvalue weighted by Gasteiger charge is -2.45. The summed E-state index contributed by atoms with van der Waals surface area (Å²) >= 11 is 0. The summed E-state index contributed by atoms with van der Waals surface area (Å²) in [6, 6.07) is 13.4. The van der Waals surface area contributed by atoms with Gasteiger partial charge < -0.3 is 9.84 Å². The third kappa shape index (κ3) is 4.58. The maximum Gasteiger partial charge on any atom is 0.269 e. The first kappa shape index (κ1) is 24.9. The Morgan fingerprint density at radius 3 is 2.40 bits per heavy atom. The molecule has 0 saturated carbocycles. The molecule has 0 fully saturated rings. The molecular weight excluding hydrogens is 469 g/mol. The van der Waals surface area contributed by atoms with Crippen molar-refractivity contribution in [3.05, 3.63) is 84.2 Å². The van der Waals surface area contributed by atoms with Crippen LogP contribution in [0.2, 0.25) is 0 Å². The van der Waals surface area contributed by atoms with Crippen molar-refractivity contribution in [3.63, 3.8) is 0 Å². The molecule has 3 aromatic rings. The van der Waals surface area contributed by atoms with Gasteiger partial charge in [0.1, 0.15) is 17.7 Å². The van der Waals surface area contributed by atoms with E-state index in [1.54, 1.807) is 69.6 Å². The molecule has 9 heteroatoms. The summed E-state index contributed by atoms with van der Waals surface area (Å²) in [5, 5.41) is 9.55. The summed E-state index contributed by atoms with van der Waals surface area (Å²) in [6.07, 6.45) is 5.03. The van der Waals surface area contributed by atoms with E-state index in [9.17, 15) is 17.9 Å². The van der Waals surface area contributed by atoms with Crippen LogP contribution in [-0.2, 0) is 19.5 Å². The molecule has 0 bridgehead atoms. The molecule has 1 unspecified atom stereocenters. The number of aliphatic hydroxyl groups is 1. The minimum absolute atomic E-state index is 0.00166. The molecule has 0 aliphatic carbocycles. The standard InChI is InChI=1S/C26H28FN3O4S/c1-25(2)26(3,21-8-6-7-18(13-21)20-15-28-17-29-16-20)35(32,33)30-24(34-25)14-19(11-12-31)22-9-4-5-10-23(22)27/h4-10,13,15-17,19,31H,11-12,14H2,1-3H3/t19-,26?/m1/s1. The van der Waals surface area contributed by atoms with Crippen LogP contribution in [0, 0.1) is 5.82 Å². The minimum Gasteiger partial charge on any atom is -0.472 e. The maximum absolute atomic E-state index is 14.5. The van der Waals surface area contributed by atoms with Gasteiger partial charge >= 0.3 is 0 Å². The van der Waals surface area contributed by atoms with E-state index in [0.29, 0.717) is 11.1 Å². The second kappa shape index (κ2) is 9.47. The van der Waals surface area contributed by atoms with Crippen molar-refractivity contribution in [1.29, 1.82) is 0 Å². The van der Waals surface area contributed by atoms with Crippen LogP contribution in [-0.4, -0.2) is 41.6 Å². The van der Waals surface area contributed by atoms with E-state index >= 15 is 0 Å². The molecule has 35 heavy (non-hydrogen) atoms. The first-order valence-electron chi connectivity index (χ1n) is 11.3. The fraction of sp³-hybridized carbons (Fsp3) is 0.346.